The van der Waals surface area contributed by atoms with Crippen molar-refractivity contribution < 1.29 is 13.3 Å². The van der Waals surface area contributed by atoms with E-state index in [4.69, 9.17) is 13.3 Å². The normalized spacial score (nSPS) is 22.9. The van der Waals surface area contributed by atoms with Crippen molar-refractivity contribution in [2.45, 2.75) is 70.1 Å². The van der Waals surface area contributed by atoms with Crippen molar-refractivity contribution in [3.8, 4) is 0 Å². The van der Waals surface area contributed by atoms with E-state index in [2.05, 4.69) is 45.0 Å². The summed E-state index contributed by atoms with van der Waals surface area (Å²) < 4.78 is 16.4. The van der Waals surface area contributed by atoms with Crippen LogP contribution in [0, 0.1) is 0 Å². The topological polar surface area (TPSA) is 43.0 Å². The van der Waals surface area contributed by atoms with Gasteiger partial charge in [0.2, 0.25) is 0 Å². The molecule has 1 aliphatic rings. The highest BCUT2D eigenvalue weighted by molar-refractivity contribution is 6.60. The van der Waals surface area contributed by atoms with Gasteiger partial charge in [-0.25, -0.2) is 0 Å². The second-order valence-electron chi connectivity index (χ2n) is 7.64. The molecule has 0 radical (unpaired) electrons. The van der Waals surface area contributed by atoms with Gasteiger partial charge >= 0.3 is 8.80 Å². The van der Waals surface area contributed by atoms with E-state index in [0.29, 0.717) is 6.04 Å². The lowest BCUT2D eigenvalue weighted by Gasteiger charge is -2.54. The van der Waals surface area contributed by atoms with Gasteiger partial charge in [0, 0.05) is 44.5 Å². The van der Waals surface area contributed by atoms with E-state index in [1.165, 1.54) is 12.8 Å². The van der Waals surface area contributed by atoms with Gasteiger partial charge in [0.15, 0.2) is 0 Å². The summed E-state index contributed by atoms with van der Waals surface area (Å²) >= 11 is 0. The van der Waals surface area contributed by atoms with E-state index < -0.39 is 8.80 Å². The van der Waals surface area contributed by atoms with Crippen LogP contribution in [0.15, 0.2) is 0 Å². The highest BCUT2D eigenvalue weighted by atomic mass is 28.4. The third-order valence-corrected chi connectivity index (χ3v) is 8.17. The van der Waals surface area contributed by atoms with Crippen LogP contribution in [0.3, 0.4) is 0 Å². The molecule has 0 atom stereocenters. The number of hydrogen-bond acceptors (Lipinski definition) is 5. The molecule has 0 bridgehead atoms. The first kappa shape index (κ1) is 20.1. The van der Waals surface area contributed by atoms with Crippen LogP contribution in [0.4, 0.5) is 0 Å². The first-order chi connectivity index (χ1) is 10.1. The molecule has 0 aromatic heterocycles. The SMILES string of the molecule is CO[Si](CCCNC1CC(C)(C)N(C)C(C)(C)C1)(OC)OC. The highest BCUT2D eigenvalue weighted by Crippen LogP contribution is 2.36. The van der Waals surface area contributed by atoms with E-state index in [1.54, 1.807) is 21.3 Å². The molecule has 22 heavy (non-hydrogen) atoms. The van der Waals surface area contributed by atoms with Crippen LogP contribution in [0.2, 0.25) is 6.04 Å². The molecule has 1 saturated heterocycles. The number of rotatable bonds is 8. The smallest absolute Gasteiger partial charge is 0.377 e. The predicted molar refractivity (Wildman–Crippen MR) is 93.2 cm³/mol. The zero-order valence-corrected chi connectivity index (χ0v) is 16.8. The highest BCUT2D eigenvalue weighted by Gasteiger charge is 2.43. The second-order valence-corrected chi connectivity index (χ2v) is 10.7. The van der Waals surface area contributed by atoms with Crippen molar-refractivity contribution in [3.63, 3.8) is 0 Å². The quantitative estimate of drug-likeness (QED) is 0.546. The molecule has 0 unspecified atom stereocenters. The molecule has 1 rings (SSSR count). The van der Waals surface area contributed by atoms with E-state index >= 15 is 0 Å². The fourth-order valence-corrected chi connectivity index (χ4v) is 5.41. The Kier molecular flexibility index (Phi) is 7.04. The Morgan fingerprint density at radius 2 is 1.45 bits per heavy atom. The fourth-order valence-electron chi connectivity index (χ4n) is 3.68. The van der Waals surface area contributed by atoms with Crippen molar-refractivity contribution in [2.24, 2.45) is 0 Å². The van der Waals surface area contributed by atoms with Crippen LogP contribution in [0.1, 0.15) is 47.0 Å². The van der Waals surface area contributed by atoms with Crippen molar-refractivity contribution in [2.75, 3.05) is 34.9 Å². The number of nitrogens with zero attached hydrogens (tertiary/aromatic N) is 1. The third-order valence-electron chi connectivity index (χ3n) is 5.33. The molecule has 6 heteroatoms. The molecule has 0 aliphatic carbocycles. The maximum absolute atomic E-state index is 5.47. The standard InChI is InChI=1S/C16H36N2O3Si/c1-15(2)12-14(13-16(3,4)18(15)5)17-10-9-11-22(19-6,20-7)21-8/h14,17H,9-13H2,1-8H3. The molecular weight excluding hydrogens is 296 g/mol. The van der Waals surface area contributed by atoms with Crippen LogP contribution < -0.4 is 5.32 Å². The summed E-state index contributed by atoms with van der Waals surface area (Å²) in [5.74, 6) is 0. The van der Waals surface area contributed by atoms with Crippen molar-refractivity contribution in [3.05, 3.63) is 0 Å². The van der Waals surface area contributed by atoms with Crippen LogP contribution >= 0.6 is 0 Å². The molecule has 0 saturated carbocycles. The molecule has 1 aliphatic heterocycles. The zero-order valence-electron chi connectivity index (χ0n) is 15.8. The lowest BCUT2D eigenvalue weighted by atomic mass is 9.77. The molecule has 0 amide bonds. The lowest BCUT2D eigenvalue weighted by molar-refractivity contribution is -0.0180. The van der Waals surface area contributed by atoms with Gasteiger partial charge in [0.05, 0.1) is 0 Å². The fraction of sp³-hybridized carbons (Fsp3) is 1.00. The molecule has 1 heterocycles. The van der Waals surface area contributed by atoms with E-state index in [-0.39, 0.29) is 11.1 Å². The lowest BCUT2D eigenvalue weighted by Crippen LogP contribution is -2.62. The summed E-state index contributed by atoms with van der Waals surface area (Å²) in [6.45, 7) is 10.3. The van der Waals surface area contributed by atoms with Crippen LogP contribution in [0.5, 0.6) is 0 Å². The maximum Gasteiger partial charge on any atom is 0.500 e. The van der Waals surface area contributed by atoms with Gasteiger partial charge in [0.1, 0.15) is 0 Å². The number of likely N-dealkylation sites (tertiary alicyclic amines) is 1. The Hall–Kier alpha value is 0.0169. The molecule has 0 aromatic carbocycles. The minimum Gasteiger partial charge on any atom is -0.377 e. The molecular formula is C16H36N2O3Si. The summed E-state index contributed by atoms with van der Waals surface area (Å²) in [5.41, 5.74) is 0.451. The minimum atomic E-state index is -2.42. The average molecular weight is 333 g/mol. The van der Waals surface area contributed by atoms with Crippen molar-refractivity contribution in [1.29, 1.82) is 0 Å². The first-order valence-corrected chi connectivity index (χ1v) is 10.2. The largest absolute Gasteiger partial charge is 0.500 e. The van der Waals surface area contributed by atoms with Gasteiger partial charge in [0.25, 0.3) is 0 Å². The van der Waals surface area contributed by atoms with E-state index in [0.717, 1.165) is 19.0 Å². The summed E-state index contributed by atoms with van der Waals surface area (Å²) in [4.78, 5) is 2.51. The monoisotopic (exact) mass is 332 g/mol. The zero-order chi connectivity index (χ0) is 17.0. The number of hydrogen-bond donors (Lipinski definition) is 1. The number of piperidine rings is 1. The first-order valence-electron chi connectivity index (χ1n) is 8.25. The van der Waals surface area contributed by atoms with E-state index in [1.807, 2.05) is 0 Å². The van der Waals surface area contributed by atoms with Crippen LogP contribution in [-0.2, 0) is 13.3 Å². The van der Waals surface area contributed by atoms with Gasteiger partial charge in [-0.05, 0) is 60.5 Å². The summed E-state index contributed by atoms with van der Waals surface area (Å²) in [6.07, 6.45) is 3.36. The van der Waals surface area contributed by atoms with Gasteiger partial charge in [-0.1, -0.05) is 0 Å². The molecule has 5 nitrogen and oxygen atoms in total. The molecule has 132 valence electrons. The molecule has 0 aromatic rings. The van der Waals surface area contributed by atoms with Crippen molar-refractivity contribution in [1.82, 2.24) is 10.2 Å². The number of nitrogens with one attached hydrogen (secondary N) is 1. The summed E-state index contributed by atoms with van der Waals surface area (Å²) in [6, 6.07) is 1.41. The van der Waals surface area contributed by atoms with Gasteiger partial charge in [-0.3, -0.25) is 4.90 Å². The van der Waals surface area contributed by atoms with Gasteiger partial charge < -0.3 is 18.6 Å². The maximum atomic E-state index is 5.47. The minimum absolute atomic E-state index is 0.226. The Labute approximate surface area is 138 Å². The average Bonchev–Trinajstić information content (AvgIpc) is 2.45. The third kappa shape index (κ3) is 4.76. The molecule has 1 fully saturated rings. The summed E-state index contributed by atoms with van der Waals surface area (Å²) in [5, 5.41) is 3.73. The van der Waals surface area contributed by atoms with Gasteiger partial charge in [-0.2, -0.15) is 0 Å². The Balaban J connectivity index is 2.46. The predicted octanol–water partition coefficient (Wildman–Crippen LogP) is 2.50. The van der Waals surface area contributed by atoms with E-state index in [9.17, 15) is 0 Å². The molecule has 1 N–H and O–H groups in total. The Morgan fingerprint density at radius 1 is 1.00 bits per heavy atom. The Morgan fingerprint density at radius 3 is 1.86 bits per heavy atom. The second kappa shape index (κ2) is 7.72. The summed E-state index contributed by atoms with van der Waals surface area (Å²) in [7, 11) is 4.85. The molecule has 0 spiro atoms. The van der Waals surface area contributed by atoms with Gasteiger partial charge in [-0.15, -0.1) is 0 Å². The van der Waals surface area contributed by atoms with Crippen molar-refractivity contribution >= 4 is 8.80 Å². The van der Waals surface area contributed by atoms with Crippen LogP contribution in [0.25, 0.3) is 0 Å². The Bertz CT molecular complexity index is 320. The van der Waals surface area contributed by atoms with Crippen LogP contribution in [-0.4, -0.2) is 65.7 Å².